The van der Waals surface area contributed by atoms with E-state index in [1.54, 1.807) is 6.07 Å². The Bertz CT molecular complexity index is 2330. The van der Waals surface area contributed by atoms with Crippen LogP contribution in [0.1, 0.15) is 50.4 Å². The number of fused-ring (bicyclic) bond motifs is 2. The minimum atomic E-state index is -5.02. The van der Waals surface area contributed by atoms with Gasteiger partial charge in [0.25, 0.3) is 11.8 Å². The lowest BCUT2D eigenvalue weighted by atomic mass is 9.92. The Kier molecular flexibility index (Phi) is 12.5. The predicted molar refractivity (Wildman–Crippen MR) is 220 cm³/mol. The summed E-state index contributed by atoms with van der Waals surface area (Å²) in [5.41, 5.74) is 5.37. The van der Waals surface area contributed by atoms with Gasteiger partial charge in [-0.1, -0.05) is 41.9 Å². The van der Waals surface area contributed by atoms with E-state index in [4.69, 9.17) is 21.1 Å². The van der Waals surface area contributed by atoms with Crippen molar-refractivity contribution in [3.8, 4) is 28.5 Å². The smallest absolute Gasteiger partial charge is 0.508 e. The molecule has 3 aliphatic heterocycles. The van der Waals surface area contributed by atoms with Gasteiger partial charge in [0.05, 0.1) is 31.6 Å². The molecule has 0 bridgehead atoms. The SMILES string of the molecule is COc1ccc(N(C(=O)c2cc(-c3ccccc3C(=O)N3Cc4cccc(Cl)c4C[C@H]3CN3CCOCC3)n3c2CCCC3)c2ccc(O)cc2)cc1OC(F)(F)F.Cl. The number of morpholine rings is 1. The molecule has 0 radical (unpaired) electrons. The molecule has 0 unspecified atom stereocenters. The molecule has 0 saturated carbocycles. The number of benzene rings is 4. The van der Waals surface area contributed by atoms with Gasteiger partial charge >= 0.3 is 6.36 Å². The summed E-state index contributed by atoms with van der Waals surface area (Å²) in [4.78, 5) is 35.5. The van der Waals surface area contributed by atoms with Crippen LogP contribution in [0.4, 0.5) is 24.5 Å². The zero-order chi connectivity index (χ0) is 40.6. The summed E-state index contributed by atoms with van der Waals surface area (Å²) in [5.74, 6) is -1.49. The van der Waals surface area contributed by atoms with E-state index < -0.39 is 18.0 Å². The summed E-state index contributed by atoms with van der Waals surface area (Å²) in [6, 6.07) is 24.6. The van der Waals surface area contributed by atoms with Gasteiger partial charge in [0.15, 0.2) is 11.5 Å². The van der Waals surface area contributed by atoms with E-state index in [0.717, 1.165) is 48.8 Å². The lowest BCUT2D eigenvalue weighted by Gasteiger charge is -2.41. The molecule has 310 valence electrons. The van der Waals surface area contributed by atoms with Gasteiger partial charge in [-0.2, -0.15) is 0 Å². The molecular weight excluding hydrogens is 808 g/mol. The number of ether oxygens (including phenoxy) is 3. The number of hydrogen-bond acceptors (Lipinski definition) is 7. The summed E-state index contributed by atoms with van der Waals surface area (Å²) >= 11 is 6.71. The molecule has 5 aromatic rings. The third-order valence-electron chi connectivity index (χ3n) is 11.1. The Morgan fingerprint density at radius 2 is 1.64 bits per heavy atom. The number of aromatic hydroxyl groups is 1. The molecule has 2 amide bonds. The van der Waals surface area contributed by atoms with Crippen LogP contribution < -0.4 is 14.4 Å². The van der Waals surface area contributed by atoms with Gasteiger partial charge in [0.2, 0.25) is 0 Å². The summed E-state index contributed by atoms with van der Waals surface area (Å²) in [6.45, 7) is 4.45. The first-order valence-electron chi connectivity index (χ1n) is 19.3. The number of aromatic nitrogens is 1. The van der Waals surface area contributed by atoms with Crippen LogP contribution >= 0.6 is 24.0 Å². The van der Waals surface area contributed by atoms with E-state index in [2.05, 4.69) is 14.2 Å². The number of anilines is 2. The fourth-order valence-corrected chi connectivity index (χ4v) is 8.64. The number of halogens is 5. The molecule has 10 nitrogen and oxygen atoms in total. The highest BCUT2D eigenvalue weighted by Gasteiger charge is 2.36. The number of hydrogen-bond donors (Lipinski definition) is 1. The Morgan fingerprint density at radius 3 is 2.39 bits per heavy atom. The molecule has 1 saturated heterocycles. The molecular formula is C44H43Cl2F3N4O6. The maximum atomic E-state index is 15.0. The fraction of sp³-hybridized carbons (Fsp3) is 0.318. The Balaban J connectivity index is 0.00000528. The largest absolute Gasteiger partial charge is 0.573 e. The van der Waals surface area contributed by atoms with E-state index in [1.165, 1.54) is 48.4 Å². The minimum Gasteiger partial charge on any atom is -0.508 e. The van der Waals surface area contributed by atoms with Gasteiger partial charge in [-0.15, -0.1) is 25.6 Å². The van der Waals surface area contributed by atoms with Crippen molar-refractivity contribution in [3.63, 3.8) is 0 Å². The maximum absolute atomic E-state index is 15.0. The lowest BCUT2D eigenvalue weighted by molar-refractivity contribution is -0.275. The molecule has 1 N–H and O–H groups in total. The van der Waals surface area contributed by atoms with Crippen LogP contribution in [-0.2, 0) is 30.7 Å². The fourth-order valence-electron chi connectivity index (χ4n) is 8.37. The van der Waals surface area contributed by atoms with Gasteiger partial charge < -0.3 is 28.8 Å². The molecule has 4 heterocycles. The van der Waals surface area contributed by atoms with Crippen molar-refractivity contribution in [3.05, 3.63) is 124 Å². The number of methoxy groups -OCH3 is 1. The first-order valence-corrected chi connectivity index (χ1v) is 19.6. The van der Waals surface area contributed by atoms with Crippen LogP contribution in [0.5, 0.6) is 17.2 Å². The van der Waals surface area contributed by atoms with Crippen LogP contribution in [0, 0.1) is 0 Å². The van der Waals surface area contributed by atoms with E-state index >= 15 is 0 Å². The molecule has 8 rings (SSSR count). The summed E-state index contributed by atoms with van der Waals surface area (Å²) in [5, 5.41) is 10.8. The van der Waals surface area contributed by atoms with Gasteiger partial charge in [0.1, 0.15) is 5.75 Å². The third kappa shape index (κ3) is 8.74. The van der Waals surface area contributed by atoms with Gasteiger partial charge in [0, 0.05) is 78.1 Å². The van der Waals surface area contributed by atoms with Crippen LogP contribution in [0.15, 0.2) is 91.0 Å². The number of carbonyl (C=O) groups is 2. The van der Waals surface area contributed by atoms with Crippen molar-refractivity contribution in [2.45, 2.75) is 51.2 Å². The Hall–Kier alpha value is -5.21. The van der Waals surface area contributed by atoms with Crippen molar-refractivity contribution < 1.29 is 42.1 Å². The Morgan fingerprint density at radius 1 is 0.898 bits per heavy atom. The van der Waals surface area contributed by atoms with Crippen molar-refractivity contribution in [1.29, 1.82) is 0 Å². The van der Waals surface area contributed by atoms with E-state index in [9.17, 15) is 27.9 Å². The standard InChI is InChI=1S/C44H42ClF3N4O6.ClH/c1-56-40-17-14-30(24-41(40)58-44(46,47)48)52(29-12-15-32(53)16-13-29)43(55)36-25-39(50-18-5-4-11-38(36)50)33-8-2-3-9-34(33)42(54)51-26-28-7-6-10-37(45)35(28)23-31(51)27-49-19-21-57-22-20-49;/h2-3,6-10,12-17,24-25,31,53H,4-5,11,18-23,26-27H2,1H3;1H/t31-;/m0./s1. The number of phenols is 1. The second-order valence-electron chi connectivity index (χ2n) is 14.7. The zero-order valence-electron chi connectivity index (χ0n) is 32.2. The molecule has 0 spiro atoms. The predicted octanol–water partition coefficient (Wildman–Crippen LogP) is 9.06. The summed E-state index contributed by atoms with van der Waals surface area (Å²) in [6.07, 6.45) is -2.19. The first kappa shape index (κ1) is 41.9. The molecule has 1 aromatic heterocycles. The van der Waals surface area contributed by atoms with Crippen LogP contribution in [0.2, 0.25) is 5.02 Å². The third-order valence-corrected chi connectivity index (χ3v) is 11.5. The van der Waals surface area contributed by atoms with Gasteiger partial charge in [-0.3, -0.25) is 19.4 Å². The van der Waals surface area contributed by atoms with Crippen molar-refractivity contribution in [2.75, 3.05) is 44.9 Å². The number of carbonyl (C=O) groups excluding carboxylic acids is 2. The van der Waals surface area contributed by atoms with Crippen molar-refractivity contribution in [2.24, 2.45) is 0 Å². The molecule has 1 atom stereocenters. The van der Waals surface area contributed by atoms with Crippen molar-refractivity contribution >= 4 is 47.2 Å². The van der Waals surface area contributed by atoms with Crippen LogP contribution in [0.3, 0.4) is 0 Å². The number of rotatable bonds is 9. The number of phenolic OH excluding ortho intramolecular Hbond substituents is 1. The van der Waals surface area contributed by atoms with E-state index in [-0.39, 0.29) is 41.5 Å². The van der Waals surface area contributed by atoms with Gasteiger partial charge in [-0.05, 0) is 91.4 Å². The second kappa shape index (κ2) is 17.6. The highest BCUT2D eigenvalue weighted by atomic mass is 35.5. The molecule has 4 aromatic carbocycles. The zero-order valence-corrected chi connectivity index (χ0v) is 33.8. The molecule has 1 fully saturated rings. The van der Waals surface area contributed by atoms with Crippen molar-refractivity contribution in [1.82, 2.24) is 14.4 Å². The minimum absolute atomic E-state index is 0. The number of nitrogens with zero attached hydrogens (tertiary/aromatic N) is 4. The highest BCUT2D eigenvalue weighted by molar-refractivity contribution is 6.31. The van der Waals surface area contributed by atoms with Crippen LogP contribution in [0.25, 0.3) is 11.3 Å². The van der Waals surface area contributed by atoms with Gasteiger partial charge in [-0.25, -0.2) is 0 Å². The monoisotopic (exact) mass is 850 g/mol. The highest BCUT2D eigenvalue weighted by Crippen LogP contribution is 2.41. The quantitative estimate of drug-likeness (QED) is 0.158. The van der Waals surface area contributed by atoms with Crippen LogP contribution in [-0.4, -0.2) is 83.6 Å². The maximum Gasteiger partial charge on any atom is 0.573 e. The normalized spacial score (nSPS) is 16.7. The molecule has 15 heteroatoms. The van der Waals surface area contributed by atoms with E-state index in [0.29, 0.717) is 78.8 Å². The summed E-state index contributed by atoms with van der Waals surface area (Å²) in [7, 11) is 1.22. The molecule has 59 heavy (non-hydrogen) atoms. The molecule has 3 aliphatic rings. The number of alkyl halides is 3. The molecule has 0 aliphatic carbocycles. The Labute approximate surface area is 351 Å². The lowest BCUT2D eigenvalue weighted by Crippen LogP contribution is -2.52. The summed E-state index contributed by atoms with van der Waals surface area (Å²) < 4.78 is 57.7. The second-order valence-corrected chi connectivity index (χ2v) is 15.1. The first-order chi connectivity index (χ1) is 28.0. The topological polar surface area (TPSA) is 96.7 Å². The average molecular weight is 852 g/mol. The van der Waals surface area contributed by atoms with E-state index in [1.807, 2.05) is 47.4 Å². The number of amides is 2. The average Bonchev–Trinajstić information content (AvgIpc) is 3.61.